The molecule has 0 bridgehead atoms. The van der Waals surface area contributed by atoms with Crippen molar-refractivity contribution in [3.8, 4) is 0 Å². The average molecular weight is 346 g/mol. The maximum absolute atomic E-state index is 5.64. The Morgan fingerprint density at radius 2 is 2.04 bits per heavy atom. The molecule has 1 atom stereocenters. The first-order valence-corrected chi connectivity index (χ1v) is 9.27. The summed E-state index contributed by atoms with van der Waals surface area (Å²) in [5, 5.41) is 12.3. The van der Waals surface area contributed by atoms with Crippen molar-refractivity contribution in [2.24, 2.45) is 0 Å². The number of likely N-dealkylation sites (N-methyl/N-ethyl adjacent to an activating group) is 1. The zero-order valence-corrected chi connectivity index (χ0v) is 15.0. The van der Waals surface area contributed by atoms with Crippen molar-refractivity contribution in [3.05, 3.63) is 23.5 Å². The van der Waals surface area contributed by atoms with Crippen molar-refractivity contribution in [3.63, 3.8) is 0 Å². The van der Waals surface area contributed by atoms with E-state index >= 15 is 0 Å². The third kappa shape index (κ3) is 4.07. The highest BCUT2D eigenvalue weighted by molar-refractivity contribution is 5.02. The van der Waals surface area contributed by atoms with Crippen LogP contribution in [0, 0.1) is 0 Å². The van der Waals surface area contributed by atoms with Crippen molar-refractivity contribution in [1.82, 2.24) is 30.1 Å². The van der Waals surface area contributed by atoms with Gasteiger partial charge in [-0.15, -0.1) is 10.2 Å². The summed E-state index contributed by atoms with van der Waals surface area (Å²) in [6.07, 6.45) is 5.51. The van der Waals surface area contributed by atoms with E-state index in [4.69, 9.17) is 8.94 Å². The molecule has 0 aromatic carbocycles. The number of aromatic nitrogens is 4. The Bertz CT molecular complexity index is 695. The molecule has 8 heteroatoms. The second-order valence-electron chi connectivity index (χ2n) is 7.21. The van der Waals surface area contributed by atoms with Gasteiger partial charge < -0.3 is 8.94 Å². The lowest BCUT2D eigenvalue weighted by molar-refractivity contribution is 0.0986. The average Bonchev–Trinajstić information content (AvgIpc) is 3.20. The normalized spacial score (nSPS) is 22.0. The molecule has 25 heavy (non-hydrogen) atoms. The summed E-state index contributed by atoms with van der Waals surface area (Å²) in [5.41, 5.74) is 0. The van der Waals surface area contributed by atoms with E-state index in [1.807, 2.05) is 6.92 Å². The van der Waals surface area contributed by atoms with Gasteiger partial charge in [0.15, 0.2) is 5.82 Å². The Morgan fingerprint density at radius 1 is 1.20 bits per heavy atom. The predicted octanol–water partition coefficient (Wildman–Crippen LogP) is 1.99. The van der Waals surface area contributed by atoms with Gasteiger partial charge in [0.2, 0.25) is 17.7 Å². The van der Waals surface area contributed by atoms with Crippen LogP contribution in [0.1, 0.15) is 62.0 Å². The highest BCUT2D eigenvalue weighted by atomic mass is 16.5. The van der Waals surface area contributed by atoms with Gasteiger partial charge in [0.05, 0.1) is 13.1 Å². The number of rotatable bonds is 7. The smallest absolute Gasteiger partial charge is 0.230 e. The van der Waals surface area contributed by atoms with Crippen LogP contribution in [-0.4, -0.2) is 56.3 Å². The minimum Gasteiger partial charge on any atom is -0.424 e. The molecule has 0 amide bonds. The van der Waals surface area contributed by atoms with E-state index < -0.39 is 0 Å². The van der Waals surface area contributed by atoms with Crippen LogP contribution in [0.25, 0.3) is 0 Å². The summed E-state index contributed by atoms with van der Waals surface area (Å²) in [4.78, 5) is 9.27. The van der Waals surface area contributed by atoms with Crippen LogP contribution in [0.3, 0.4) is 0 Å². The Labute approximate surface area is 147 Å². The molecule has 1 saturated heterocycles. The monoisotopic (exact) mass is 346 g/mol. The Balaban J connectivity index is 1.31. The minimum atomic E-state index is 0.473. The number of nitrogens with zero attached hydrogens (tertiary/aromatic N) is 6. The van der Waals surface area contributed by atoms with Gasteiger partial charge in [-0.05, 0) is 39.3 Å². The highest BCUT2D eigenvalue weighted by Gasteiger charge is 2.30. The number of hydrogen-bond donors (Lipinski definition) is 0. The first-order chi connectivity index (χ1) is 12.2. The molecule has 2 aliphatic rings. The molecule has 0 N–H and O–H groups in total. The van der Waals surface area contributed by atoms with Gasteiger partial charge in [-0.1, -0.05) is 12.1 Å². The molecule has 8 nitrogen and oxygen atoms in total. The van der Waals surface area contributed by atoms with Crippen LogP contribution < -0.4 is 0 Å². The molecule has 1 aliphatic heterocycles. The summed E-state index contributed by atoms with van der Waals surface area (Å²) >= 11 is 0. The predicted molar refractivity (Wildman–Crippen MR) is 89.7 cm³/mol. The quantitative estimate of drug-likeness (QED) is 0.752. The lowest BCUT2D eigenvalue weighted by Crippen LogP contribution is -2.45. The maximum atomic E-state index is 5.64. The highest BCUT2D eigenvalue weighted by Crippen LogP contribution is 2.38. The summed E-state index contributed by atoms with van der Waals surface area (Å²) in [6.45, 7) is 5.56. The van der Waals surface area contributed by atoms with E-state index in [1.54, 1.807) is 0 Å². The molecule has 2 fully saturated rings. The van der Waals surface area contributed by atoms with Gasteiger partial charge in [0.1, 0.15) is 0 Å². The van der Waals surface area contributed by atoms with Crippen molar-refractivity contribution in [2.75, 3.05) is 20.1 Å². The minimum absolute atomic E-state index is 0.473. The summed E-state index contributed by atoms with van der Waals surface area (Å²) in [5.74, 6) is 3.56. The van der Waals surface area contributed by atoms with Gasteiger partial charge >= 0.3 is 0 Å². The number of likely N-dealkylation sites (tertiary alicyclic amines) is 1. The maximum Gasteiger partial charge on any atom is 0.230 e. The fraction of sp³-hybridized carbons (Fsp3) is 0.765. The zero-order valence-electron chi connectivity index (χ0n) is 15.0. The van der Waals surface area contributed by atoms with E-state index in [9.17, 15) is 0 Å². The molecular formula is C17H26N6O2. The Kier molecular flexibility index (Phi) is 4.80. The number of hydrogen-bond acceptors (Lipinski definition) is 8. The van der Waals surface area contributed by atoms with E-state index in [-0.39, 0.29) is 0 Å². The van der Waals surface area contributed by atoms with Gasteiger partial charge in [-0.2, -0.15) is 4.98 Å². The molecule has 1 aliphatic carbocycles. The Morgan fingerprint density at radius 3 is 2.80 bits per heavy atom. The summed E-state index contributed by atoms with van der Waals surface area (Å²) in [7, 11) is 2.13. The van der Waals surface area contributed by atoms with Crippen molar-refractivity contribution < 1.29 is 8.94 Å². The summed E-state index contributed by atoms with van der Waals surface area (Å²) < 4.78 is 11.0. The summed E-state index contributed by atoms with van der Waals surface area (Å²) in [6, 6.07) is 0.473. The molecule has 1 unspecified atom stereocenters. The van der Waals surface area contributed by atoms with Gasteiger partial charge in [-0.3, -0.25) is 9.80 Å². The second-order valence-corrected chi connectivity index (χ2v) is 7.21. The lowest BCUT2D eigenvalue weighted by atomic mass is 10.0. The molecule has 136 valence electrons. The first kappa shape index (κ1) is 16.7. The van der Waals surface area contributed by atoms with Crippen LogP contribution in [0.15, 0.2) is 8.94 Å². The van der Waals surface area contributed by atoms with Crippen LogP contribution in [0.2, 0.25) is 0 Å². The number of piperidine rings is 1. The van der Waals surface area contributed by atoms with Crippen LogP contribution in [0.5, 0.6) is 0 Å². The second kappa shape index (κ2) is 7.21. The molecule has 3 heterocycles. The fourth-order valence-corrected chi connectivity index (χ4v) is 3.40. The molecule has 2 aromatic heterocycles. The Hall–Kier alpha value is -1.80. The van der Waals surface area contributed by atoms with Crippen molar-refractivity contribution >= 4 is 0 Å². The lowest BCUT2D eigenvalue weighted by Gasteiger charge is -2.36. The molecule has 0 radical (unpaired) electrons. The van der Waals surface area contributed by atoms with Crippen LogP contribution in [-0.2, 0) is 19.5 Å². The van der Waals surface area contributed by atoms with Gasteiger partial charge in [0, 0.05) is 24.9 Å². The molecule has 2 aromatic rings. The van der Waals surface area contributed by atoms with E-state index in [1.165, 1.54) is 25.7 Å². The molecule has 0 spiro atoms. The topological polar surface area (TPSA) is 84.3 Å². The number of aryl methyl sites for hydroxylation is 1. The third-order valence-electron chi connectivity index (χ3n) is 5.08. The molecular weight excluding hydrogens is 320 g/mol. The fourth-order valence-electron chi connectivity index (χ4n) is 3.40. The third-order valence-corrected chi connectivity index (χ3v) is 5.08. The zero-order chi connectivity index (χ0) is 17.2. The van der Waals surface area contributed by atoms with Crippen molar-refractivity contribution in [2.45, 2.75) is 64.1 Å². The molecule has 1 saturated carbocycles. The van der Waals surface area contributed by atoms with Gasteiger partial charge in [-0.25, -0.2) is 0 Å². The van der Waals surface area contributed by atoms with E-state index in [0.29, 0.717) is 30.3 Å². The van der Waals surface area contributed by atoms with Crippen LogP contribution >= 0.6 is 0 Å². The standard InChI is InChI=1S/C17H26N6O2/c1-3-15-19-20-16(24-15)11-22(2)13-5-4-8-23(9-13)10-14-18-17(25-21-14)12-6-7-12/h12-13H,3-11H2,1-2H3. The van der Waals surface area contributed by atoms with Crippen LogP contribution in [0.4, 0.5) is 0 Å². The van der Waals surface area contributed by atoms with Gasteiger partial charge in [0.25, 0.3) is 0 Å². The van der Waals surface area contributed by atoms with E-state index in [0.717, 1.165) is 37.8 Å². The first-order valence-electron chi connectivity index (χ1n) is 9.27. The van der Waals surface area contributed by atoms with E-state index in [2.05, 4.69) is 37.2 Å². The SMILES string of the molecule is CCc1nnc(CN(C)C2CCCN(Cc3noc(C4CC4)n3)C2)o1. The van der Waals surface area contributed by atoms with Crippen molar-refractivity contribution in [1.29, 1.82) is 0 Å². The molecule has 4 rings (SSSR count). The largest absolute Gasteiger partial charge is 0.424 e.